The van der Waals surface area contributed by atoms with Crippen molar-refractivity contribution in [1.29, 1.82) is 0 Å². The van der Waals surface area contributed by atoms with Crippen LogP contribution < -0.4 is 0 Å². The molecule has 0 aliphatic carbocycles. The SMILES string of the molecule is CCc1ccc2cc3ccccc3cc2c1C(=O)O. The van der Waals surface area contributed by atoms with Crippen LogP contribution >= 0.6 is 0 Å². The van der Waals surface area contributed by atoms with E-state index in [0.717, 1.165) is 33.5 Å². The van der Waals surface area contributed by atoms with Crippen LogP contribution in [0.5, 0.6) is 0 Å². The molecule has 19 heavy (non-hydrogen) atoms. The molecule has 0 spiro atoms. The molecule has 0 bridgehead atoms. The maximum absolute atomic E-state index is 11.5. The monoisotopic (exact) mass is 250 g/mol. The summed E-state index contributed by atoms with van der Waals surface area (Å²) < 4.78 is 0. The maximum Gasteiger partial charge on any atom is 0.336 e. The Kier molecular flexibility index (Phi) is 2.71. The van der Waals surface area contributed by atoms with Gasteiger partial charge in [0.2, 0.25) is 0 Å². The summed E-state index contributed by atoms with van der Waals surface area (Å²) >= 11 is 0. The van der Waals surface area contributed by atoms with Gasteiger partial charge in [0.05, 0.1) is 5.56 Å². The molecule has 2 nitrogen and oxygen atoms in total. The Hall–Kier alpha value is -2.35. The van der Waals surface area contributed by atoms with Crippen LogP contribution in [-0.4, -0.2) is 11.1 Å². The number of benzene rings is 3. The Labute approximate surface area is 111 Å². The standard InChI is InChI=1S/C17H14O2/c1-2-11-7-8-14-9-12-5-3-4-6-13(12)10-15(14)16(11)17(18)19/h3-10H,2H2,1H3,(H,18,19). The van der Waals surface area contributed by atoms with Gasteiger partial charge in [0.25, 0.3) is 0 Å². The fourth-order valence-corrected chi connectivity index (χ4v) is 2.61. The highest BCUT2D eigenvalue weighted by Crippen LogP contribution is 2.28. The normalized spacial score (nSPS) is 11.0. The minimum atomic E-state index is -0.849. The third-order valence-corrected chi connectivity index (χ3v) is 3.57. The lowest BCUT2D eigenvalue weighted by Crippen LogP contribution is -2.03. The number of hydrogen-bond acceptors (Lipinski definition) is 1. The van der Waals surface area contributed by atoms with Crippen LogP contribution in [0, 0.1) is 0 Å². The lowest BCUT2D eigenvalue weighted by molar-refractivity contribution is 0.0698. The first kappa shape index (κ1) is 11.7. The number of carbonyl (C=O) groups is 1. The number of aryl methyl sites for hydroxylation is 1. The molecule has 2 heteroatoms. The van der Waals surface area contributed by atoms with Crippen molar-refractivity contribution in [2.24, 2.45) is 0 Å². The van der Waals surface area contributed by atoms with Gasteiger partial charge in [0.15, 0.2) is 0 Å². The molecule has 0 aromatic heterocycles. The van der Waals surface area contributed by atoms with E-state index in [-0.39, 0.29) is 0 Å². The van der Waals surface area contributed by atoms with E-state index in [1.54, 1.807) is 0 Å². The van der Waals surface area contributed by atoms with E-state index < -0.39 is 5.97 Å². The zero-order chi connectivity index (χ0) is 13.4. The Bertz CT molecular complexity index is 788. The van der Waals surface area contributed by atoms with Crippen molar-refractivity contribution < 1.29 is 9.90 Å². The van der Waals surface area contributed by atoms with Crippen LogP contribution in [0.3, 0.4) is 0 Å². The summed E-state index contributed by atoms with van der Waals surface area (Å²) in [7, 11) is 0. The number of hydrogen-bond donors (Lipinski definition) is 1. The molecule has 3 rings (SSSR count). The topological polar surface area (TPSA) is 37.3 Å². The van der Waals surface area contributed by atoms with E-state index >= 15 is 0 Å². The third kappa shape index (κ3) is 1.85. The number of carboxylic acid groups (broad SMARTS) is 1. The van der Waals surface area contributed by atoms with Gasteiger partial charge in [-0.2, -0.15) is 0 Å². The zero-order valence-electron chi connectivity index (χ0n) is 10.7. The summed E-state index contributed by atoms with van der Waals surface area (Å²) in [5, 5.41) is 13.5. The lowest BCUT2D eigenvalue weighted by atomic mass is 9.95. The highest BCUT2D eigenvalue weighted by Gasteiger charge is 2.13. The molecule has 0 heterocycles. The molecule has 0 aliphatic rings. The molecule has 94 valence electrons. The lowest BCUT2D eigenvalue weighted by Gasteiger charge is -2.09. The number of carboxylic acids is 1. The highest BCUT2D eigenvalue weighted by atomic mass is 16.4. The second-order valence-corrected chi connectivity index (χ2v) is 4.68. The van der Waals surface area contributed by atoms with Gasteiger partial charge >= 0.3 is 5.97 Å². The molecular weight excluding hydrogens is 236 g/mol. The van der Waals surface area contributed by atoms with Crippen LogP contribution in [0.15, 0.2) is 48.5 Å². The predicted octanol–water partition coefficient (Wildman–Crippen LogP) is 4.25. The quantitative estimate of drug-likeness (QED) is 0.690. The molecule has 0 fully saturated rings. The molecule has 0 saturated carbocycles. The fraction of sp³-hybridized carbons (Fsp3) is 0.118. The van der Waals surface area contributed by atoms with Gasteiger partial charge in [-0.25, -0.2) is 4.79 Å². The molecule has 0 saturated heterocycles. The zero-order valence-corrected chi connectivity index (χ0v) is 10.7. The molecule has 0 radical (unpaired) electrons. The largest absolute Gasteiger partial charge is 0.478 e. The van der Waals surface area contributed by atoms with Crippen molar-refractivity contribution in [3.63, 3.8) is 0 Å². The van der Waals surface area contributed by atoms with E-state index in [1.807, 2.05) is 49.4 Å². The van der Waals surface area contributed by atoms with Crippen LogP contribution in [0.1, 0.15) is 22.8 Å². The van der Waals surface area contributed by atoms with Crippen molar-refractivity contribution in [3.05, 3.63) is 59.7 Å². The van der Waals surface area contributed by atoms with Gasteiger partial charge in [0.1, 0.15) is 0 Å². The summed E-state index contributed by atoms with van der Waals surface area (Å²) in [6, 6.07) is 16.0. The van der Waals surface area contributed by atoms with Crippen LogP contribution in [0.25, 0.3) is 21.5 Å². The molecule has 3 aromatic rings. The Balaban J connectivity index is 2.47. The van der Waals surface area contributed by atoms with Gasteiger partial charge in [-0.05, 0) is 45.7 Å². The van der Waals surface area contributed by atoms with Gasteiger partial charge in [-0.1, -0.05) is 43.3 Å². The molecule has 3 aromatic carbocycles. The van der Waals surface area contributed by atoms with Gasteiger partial charge in [-0.3, -0.25) is 0 Å². The fourth-order valence-electron chi connectivity index (χ4n) is 2.61. The van der Waals surface area contributed by atoms with E-state index in [0.29, 0.717) is 5.56 Å². The molecular formula is C17H14O2. The number of rotatable bonds is 2. The first-order valence-electron chi connectivity index (χ1n) is 6.38. The highest BCUT2D eigenvalue weighted by molar-refractivity contribution is 6.09. The maximum atomic E-state index is 11.5. The summed E-state index contributed by atoms with van der Waals surface area (Å²) in [5.41, 5.74) is 1.32. The molecule has 0 unspecified atom stereocenters. The van der Waals surface area contributed by atoms with E-state index in [9.17, 15) is 9.90 Å². The average Bonchev–Trinajstić information content (AvgIpc) is 2.43. The number of aromatic carboxylic acids is 1. The van der Waals surface area contributed by atoms with Crippen LogP contribution in [-0.2, 0) is 6.42 Å². The second kappa shape index (κ2) is 4.39. The van der Waals surface area contributed by atoms with E-state index in [2.05, 4.69) is 6.07 Å². The summed E-state index contributed by atoms with van der Waals surface area (Å²) in [6.45, 7) is 1.98. The van der Waals surface area contributed by atoms with Crippen molar-refractivity contribution in [1.82, 2.24) is 0 Å². The predicted molar refractivity (Wildman–Crippen MR) is 77.8 cm³/mol. The van der Waals surface area contributed by atoms with E-state index in [4.69, 9.17) is 0 Å². The third-order valence-electron chi connectivity index (χ3n) is 3.57. The average molecular weight is 250 g/mol. The summed E-state index contributed by atoms with van der Waals surface area (Å²) in [5.74, 6) is -0.849. The molecule has 0 amide bonds. The first-order chi connectivity index (χ1) is 9.20. The van der Waals surface area contributed by atoms with Gasteiger partial charge in [0, 0.05) is 0 Å². The molecule has 1 N–H and O–H groups in total. The van der Waals surface area contributed by atoms with Gasteiger partial charge in [-0.15, -0.1) is 0 Å². The minimum Gasteiger partial charge on any atom is -0.478 e. The first-order valence-corrected chi connectivity index (χ1v) is 6.38. The van der Waals surface area contributed by atoms with Crippen molar-refractivity contribution in [3.8, 4) is 0 Å². The minimum absolute atomic E-state index is 0.436. The summed E-state index contributed by atoms with van der Waals surface area (Å²) in [4.78, 5) is 11.5. The van der Waals surface area contributed by atoms with Gasteiger partial charge < -0.3 is 5.11 Å². The second-order valence-electron chi connectivity index (χ2n) is 4.68. The van der Waals surface area contributed by atoms with Crippen LogP contribution in [0.4, 0.5) is 0 Å². The Morgan fingerprint density at radius 2 is 1.68 bits per heavy atom. The van der Waals surface area contributed by atoms with Crippen LogP contribution in [0.2, 0.25) is 0 Å². The van der Waals surface area contributed by atoms with E-state index in [1.165, 1.54) is 0 Å². The Morgan fingerprint density at radius 3 is 2.32 bits per heavy atom. The van der Waals surface area contributed by atoms with Crippen molar-refractivity contribution in [2.75, 3.05) is 0 Å². The molecule has 0 aliphatic heterocycles. The number of fused-ring (bicyclic) bond motifs is 2. The van der Waals surface area contributed by atoms with Crippen molar-refractivity contribution in [2.45, 2.75) is 13.3 Å². The smallest absolute Gasteiger partial charge is 0.336 e. The van der Waals surface area contributed by atoms with Crippen molar-refractivity contribution >= 4 is 27.5 Å². The summed E-state index contributed by atoms with van der Waals surface area (Å²) in [6.07, 6.45) is 0.727. The molecule has 0 atom stereocenters. The Morgan fingerprint density at radius 1 is 1.00 bits per heavy atom.